The van der Waals surface area contributed by atoms with Crippen LogP contribution in [0, 0.1) is 0 Å². The van der Waals surface area contributed by atoms with Gasteiger partial charge in [0, 0.05) is 19.1 Å². The summed E-state index contributed by atoms with van der Waals surface area (Å²) in [6.07, 6.45) is 4.97. The minimum atomic E-state index is 0.571. The Balaban J connectivity index is 1.38. The Hall–Kier alpha value is -2.02. The first-order chi connectivity index (χ1) is 11.9. The van der Waals surface area contributed by atoms with Crippen molar-refractivity contribution in [2.24, 2.45) is 0 Å². The smallest absolute Gasteiger partial charge is 0.228 e. The van der Waals surface area contributed by atoms with E-state index in [9.17, 15) is 0 Å². The molecule has 124 valence electrons. The number of aromatic nitrogens is 4. The SMILES string of the molecule is c1ccc2oc(CSc3nnc(N4CCCC4)n3C3CC3)nc2c1. The van der Waals surface area contributed by atoms with Gasteiger partial charge >= 0.3 is 0 Å². The molecule has 0 unspecified atom stereocenters. The fourth-order valence-corrected chi connectivity index (χ4v) is 4.11. The van der Waals surface area contributed by atoms with E-state index in [0.29, 0.717) is 11.8 Å². The van der Waals surface area contributed by atoms with E-state index in [-0.39, 0.29) is 0 Å². The van der Waals surface area contributed by atoms with Gasteiger partial charge in [0.25, 0.3) is 0 Å². The number of fused-ring (bicyclic) bond motifs is 1. The van der Waals surface area contributed by atoms with E-state index < -0.39 is 0 Å². The maximum absolute atomic E-state index is 5.81. The lowest BCUT2D eigenvalue weighted by Crippen LogP contribution is -2.22. The summed E-state index contributed by atoms with van der Waals surface area (Å²) in [6, 6.07) is 8.45. The van der Waals surface area contributed by atoms with Gasteiger partial charge in [0.1, 0.15) is 5.52 Å². The number of hydrogen-bond donors (Lipinski definition) is 0. The molecule has 0 atom stereocenters. The van der Waals surface area contributed by atoms with Crippen molar-refractivity contribution in [3.05, 3.63) is 30.2 Å². The van der Waals surface area contributed by atoms with Gasteiger partial charge in [-0.1, -0.05) is 23.9 Å². The molecule has 1 aliphatic heterocycles. The van der Waals surface area contributed by atoms with Gasteiger partial charge in [-0.2, -0.15) is 0 Å². The molecule has 2 aromatic heterocycles. The second-order valence-electron chi connectivity index (χ2n) is 6.44. The standard InChI is InChI=1S/C17H19N5OS/c1-2-6-14-13(5-1)18-15(23-14)11-24-17-20-19-16(21-9-3-4-10-21)22(17)12-7-8-12/h1-2,5-6,12H,3-4,7-11H2. The molecule has 2 fully saturated rings. The quantitative estimate of drug-likeness (QED) is 0.660. The number of nitrogens with zero attached hydrogens (tertiary/aromatic N) is 5. The Kier molecular flexibility index (Phi) is 3.47. The second-order valence-corrected chi connectivity index (χ2v) is 7.38. The molecular weight excluding hydrogens is 322 g/mol. The van der Waals surface area contributed by atoms with Crippen LogP contribution in [0.3, 0.4) is 0 Å². The second kappa shape index (κ2) is 5.81. The van der Waals surface area contributed by atoms with Gasteiger partial charge in [0.05, 0.1) is 5.75 Å². The van der Waals surface area contributed by atoms with Crippen molar-refractivity contribution in [1.82, 2.24) is 19.7 Å². The van der Waals surface area contributed by atoms with E-state index in [0.717, 1.165) is 41.2 Å². The zero-order chi connectivity index (χ0) is 15.9. The molecule has 3 aromatic rings. The molecule has 24 heavy (non-hydrogen) atoms. The summed E-state index contributed by atoms with van der Waals surface area (Å²) in [4.78, 5) is 6.92. The van der Waals surface area contributed by atoms with Crippen molar-refractivity contribution >= 4 is 28.8 Å². The van der Waals surface area contributed by atoms with Crippen molar-refractivity contribution in [2.45, 2.75) is 42.6 Å². The third-order valence-corrected chi connectivity index (χ3v) is 5.54. The molecule has 1 aromatic carbocycles. The predicted octanol–water partition coefficient (Wildman–Crippen LogP) is 3.65. The lowest BCUT2D eigenvalue weighted by molar-refractivity contribution is 0.555. The Morgan fingerprint density at radius 3 is 2.75 bits per heavy atom. The van der Waals surface area contributed by atoms with Crippen LogP contribution in [0.1, 0.15) is 37.6 Å². The lowest BCUT2D eigenvalue weighted by atomic mass is 10.3. The first-order valence-electron chi connectivity index (χ1n) is 8.55. The summed E-state index contributed by atoms with van der Waals surface area (Å²) in [5, 5.41) is 9.92. The molecule has 0 amide bonds. The fraction of sp³-hybridized carbons (Fsp3) is 0.471. The molecule has 0 N–H and O–H groups in total. The average Bonchev–Trinajstić information content (AvgIpc) is 3.05. The first kappa shape index (κ1) is 14.3. The van der Waals surface area contributed by atoms with Gasteiger partial charge in [0.2, 0.25) is 11.8 Å². The van der Waals surface area contributed by atoms with E-state index in [4.69, 9.17) is 4.42 Å². The van der Waals surface area contributed by atoms with Crippen molar-refractivity contribution in [1.29, 1.82) is 0 Å². The highest BCUT2D eigenvalue weighted by Gasteiger charge is 2.32. The normalized spacial score (nSPS) is 17.9. The number of rotatable bonds is 5. The summed E-state index contributed by atoms with van der Waals surface area (Å²) in [5.41, 5.74) is 1.75. The molecule has 1 saturated carbocycles. The highest BCUT2D eigenvalue weighted by atomic mass is 32.2. The fourth-order valence-electron chi connectivity index (χ4n) is 3.26. The van der Waals surface area contributed by atoms with Gasteiger partial charge in [-0.15, -0.1) is 10.2 Å². The molecule has 2 aliphatic rings. The number of hydrogen-bond acceptors (Lipinski definition) is 6. The van der Waals surface area contributed by atoms with Crippen LogP contribution in [0.2, 0.25) is 0 Å². The summed E-state index contributed by atoms with van der Waals surface area (Å²) in [5.74, 6) is 2.48. The average molecular weight is 341 g/mol. The van der Waals surface area contributed by atoms with Crippen LogP contribution in [0.4, 0.5) is 5.95 Å². The van der Waals surface area contributed by atoms with Crippen molar-refractivity contribution in [2.75, 3.05) is 18.0 Å². The van der Waals surface area contributed by atoms with Crippen LogP contribution < -0.4 is 4.90 Å². The van der Waals surface area contributed by atoms with Crippen molar-refractivity contribution < 1.29 is 4.42 Å². The molecule has 0 radical (unpaired) electrons. The molecule has 0 bridgehead atoms. The van der Waals surface area contributed by atoms with Gasteiger partial charge in [0.15, 0.2) is 10.7 Å². The van der Waals surface area contributed by atoms with Crippen LogP contribution >= 0.6 is 11.8 Å². The Morgan fingerprint density at radius 2 is 1.96 bits per heavy atom. The molecule has 3 heterocycles. The number of oxazole rings is 1. The Bertz CT molecular complexity index is 830. The topological polar surface area (TPSA) is 60.0 Å². The largest absolute Gasteiger partial charge is 0.440 e. The lowest BCUT2D eigenvalue weighted by Gasteiger charge is -2.17. The van der Waals surface area contributed by atoms with Gasteiger partial charge in [-0.05, 0) is 37.8 Å². The first-order valence-corrected chi connectivity index (χ1v) is 9.54. The zero-order valence-electron chi connectivity index (χ0n) is 13.4. The maximum atomic E-state index is 5.81. The molecule has 5 rings (SSSR count). The summed E-state index contributed by atoms with van der Waals surface area (Å²) >= 11 is 1.67. The Morgan fingerprint density at radius 1 is 1.12 bits per heavy atom. The number of benzene rings is 1. The maximum Gasteiger partial charge on any atom is 0.228 e. The molecule has 6 nitrogen and oxygen atoms in total. The Labute approximate surface area is 144 Å². The van der Waals surface area contributed by atoms with E-state index in [2.05, 4.69) is 24.6 Å². The van der Waals surface area contributed by atoms with Crippen LogP contribution in [0.25, 0.3) is 11.1 Å². The van der Waals surface area contributed by atoms with Gasteiger partial charge < -0.3 is 9.32 Å². The molecule has 1 saturated heterocycles. The van der Waals surface area contributed by atoms with E-state index in [1.54, 1.807) is 11.8 Å². The summed E-state index contributed by atoms with van der Waals surface area (Å²) in [6.45, 7) is 2.20. The molecule has 1 aliphatic carbocycles. The third kappa shape index (κ3) is 2.56. The zero-order valence-corrected chi connectivity index (χ0v) is 14.2. The van der Waals surface area contributed by atoms with Gasteiger partial charge in [-0.25, -0.2) is 4.98 Å². The minimum Gasteiger partial charge on any atom is -0.440 e. The monoisotopic (exact) mass is 341 g/mol. The van der Waals surface area contributed by atoms with E-state index >= 15 is 0 Å². The van der Waals surface area contributed by atoms with Crippen molar-refractivity contribution in [3.8, 4) is 0 Å². The van der Waals surface area contributed by atoms with Crippen LogP contribution in [-0.2, 0) is 5.75 Å². The summed E-state index contributed by atoms with van der Waals surface area (Å²) in [7, 11) is 0. The molecule has 0 spiro atoms. The number of para-hydroxylation sites is 2. The highest BCUT2D eigenvalue weighted by molar-refractivity contribution is 7.98. The van der Waals surface area contributed by atoms with Crippen LogP contribution in [-0.4, -0.2) is 32.8 Å². The van der Waals surface area contributed by atoms with Gasteiger partial charge in [-0.3, -0.25) is 4.57 Å². The van der Waals surface area contributed by atoms with E-state index in [1.807, 2.05) is 24.3 Å². The van der Waals surface area contributed by atoms with E-state index in [1.165, 1.54) is 25.7 Å². The minimum absolute atomic E-state index is 0.571. The predicted molar refractivity (Wildman–Crippen MR) is 93.3 cm³/mol. The third-order valence-electron chi connectivity index (χ3n) is 4.61. The number of anilines is 1. The number of thioether (sulfide) groups is 1. The van der Waals surface area contributed by atoms with Crippen molar-refractivity contribution in [3.63, 3.8) is 0 Å². The highest BCUT2D eigenvalue weighted by Crippen LogP contribution is 2.41. The van der Waals surface area contributed by atoms with Crippen LogP contribution in [0.15, 0.2) is 33.8 Å². The summed E-state index contributed by atoms with van der Waals surface area (Å²) < 4.78 is 8.14. The van der Waals surface area contributed by atoms with Crippen LogP contribution in [0.5, 0.6) is 0 Å². The molecule has 7 heteroatoms. The molecular formula is C17H19N5OS.